The number of hydrogen-bond donors (Lipinski definition) is 1. The molecule has 25 heavy (non-hydrogen) atoms. The number of ether oxygens (including phenoxy) is 1. The van der Waals surface area contributed by atoms with Crippen molar-refractivity contribution in [3.05, 3.63) is 64.6 Å². The smallest absolute Gasteiger partial charge is 0.290 e. The van der Waals surface area contributed by atoms with Gasteiger partial charge in [-0.3, -0.25) is 14.9 Å². The lowest BCUT2D eigenvalue weighted by molar-refractivity contribution is -0.115. The van der Waals surface area contributed by atoms with Gasteiger partial charge in [0.1, 0.15) is 11.5 Å². The molecular weight excluding hydrogens is 334 g/mol. The van der Waals surface area contributed by atoms with Gasteiger partial charge in [-0.2, -0.15) is 0 Å². The molecule has 2 aromatic rings. The standard InChI is InChI=1S/C20H19NO3S/c1-20(2,3)14-6-10-16(11-7-14)24-15-8-4-13(5-9-15)12-17-18(22)21-19(23)25-17/h4-12H,1-3H3,(H,21,22,23)/b17-12-. The van der Waals surface area contributed by atoms with Crippen LogP contribution in [0.4, 0.5) is 4.79 Å². The van der Waals surface area contributed by atoms with E-state index in [1.807, 2.05) is 36.4 Å². The lowest BCUT2D eigenvalue weighted by Gasteiger charge is -2.19. The summed E-state index contributed by atoms with van der Waals surface area (Å²) >= 11 is 0.909. The third-order valence-electron chi connectivity index (χ3n) is 3.78. The van der Waals surface area contributed by atoms with E-state index < -0.39 is 0 Å². The highest BCUT2D eigenvalue weighted by Gasteiger charge is 2.24. The van der Waals surface area contributed by atoms with Gasteiger partial charge in [-0.05, 0) is 58.6 Å². The quantitative estimate of drug-likeness (QED) is 0.780. The van der Waals surface area contributed by atoms with Gasteiger partial charge < -0.3 is 4.74 Å². The Morgan fingerprint density at radius 1 is 0.920 bits per heavy atom. The fourth-order valence-corrected chi connectivity index (χ4v) is 3.05. The minimum Gasteiger partial charge on any atom is -0.457 e. The molecule has 0 spiro atoms. The largest absolute Gasteiger partial charge is 0.457 e. The molecule has 1 heterocycles. The lowest BCUT2D eigenvalue weighted by atomic mass is 9.87. The van der Waals surface area contributed by atoms with Gasteiger partial charge in [-0.15, -0.1) is 0 Å². The number of imide groups is 1. The van der Waals surface area contributed by atoms with Crippen molar-refractivity contribution in [1.29, 1.82) is 0 Å². The van der Waals surface area contributed by atoms with Crippen LogP contribution in [0.3, 0.4) is 0 Å². The third kappa shape index (κ3) is 4.31. The van der Waals surface area contributed by atoms with Gasteiger partial charge in [0.2, 0.25) is 0 Å². The first kappa shape index (κ1) is 17.3. The number of rotatable bonds is 3. The maximum atomic E-state index is 11.5. The van der Waals surface area contributed by atoms with Gasteiger partial charge in [0.15, 0.2) is 0 Å². The number of nitrogens with one attached hydrogen (secondary N) is 1. The molecule has 4 nitrogen and oxygen atoms in total. The van der Waals surface area contributed by atoms with Crippen molar-refractivity contribution in [2.45, 2.75) is 26.2 Å². The van der Waals surface area contributed by atoms with Crippen LogP contribution in [0.5, 0.6) is 11.5 Å². The first-order valence-corrected chi connectivity index (χ1v) is 8.76. The average Bonchev–Trinajstić information content (AvgIpc) is 2.86. The predicted octanol–water partition coefficient (Wildman–Crippen LogP) is 5.10. The van der Waals surface area contributed by atoms with Crippen molar-refractivity contribution in [1.82, 2.24) is 5.32 Å². The fourth-order valence-electron chi connectivity index (χ4n) is 2.36. The Bertz CT molecular complexity index is 831. The van der Waals surface area contributed by atoms with Crippen LogP contribution in [-0.4, -0.2) is 11.1 Å². The Kier molecular flexibility index (Phi) is 4.68. The maximum Gasteiger partial charge on any atom is 0.290 e. The number of amides is 2. The molecule has 3 rings (SSSR count). The summed E-state index contributed by atoms with van der Waals surface area (Å²) in [5, 5.41) is 1.90. The SMILES string of the molecule is CC(C)(C)c1ccc(Oc2ccc(/C=C3\SC(=O)NC3=O)cc2)cc1. The molecule has 2 amide bonds. The first-order valence-electron chi connectivity index (χ1n) is 7.94. The minimum atomic E-state index is -0.353. The molecule has 0 unspecified atom stereocenters. The van der Waals surface area contributed by atoms with Crippen LogP contribution in [0, 0.1) is 0 Å². The van der Waals surface area contributed by atoms with Crippen molar-refractivity contribution < 1.29 is 14.3 Å². The normalized spacial score (nSPS) is 16.2. The van der Waals surface area contributed by atoms with Crippen LogP contribution >= 0.6 is 11.8 Å². The molecule has 0 saturated carbocycles. The first-order chi connectivity index (χ1) is 11.8. The van der Waals surface area contributed by atoms with E-state index in [-0.39, 0.29) is 16.6 Å². The molecule has 2 aromatic carbocycles. The molecule has 1 saturated heterocycles. The van der Waals surface area contributed by atoms with Crippen LogP contribution in [-0.2, 0) is 10.2 Å². The van der Waals surface area contributed by atoms with Gasteiger partial charge in [0, 0.05) is 0 Å². The topological polar surface area (TPSA) is 55.4 Å². The monoisotopic (exact) mass is 353 g/mol. The van der Waals surface area contributed by atoms with E-state index in [0.717, 1.165) is 23.1 Å². The van der Waals surface area contributed by atoms with Gasteiger partial charge in [0.25, 0.3) is 11.1 Å². The molecule has 1 aliphatic heterocycles. The Balaban J connectivity index is 1.70. The Morgan fingerprint density at radius 3 is 1.96 bits per heavy atom. The molecule has 0 bridgehead atoms. The molecule has 0 aromatic heterocycles. The zero-order valence-corrected chi connectivity index (χ0v) is 15.1. The molecule has 1 aliphatic rings. The fraction of sp³-hybridized carbons (Fsp3) is 0.200. The number of hydrogen-bond acceptors (Lipinski definition) is 4. The highest BCUT2D eigenvalue weighted by atomic mass is 32.2. The van der Waals surface area contributed by atoms with Gasteiger partial charge in [0.05, 0.1) is 4.91 Å². The second-order valence-electron chi connectivity index (χ2n) is 6.80. The summed E-state index contributed by atoms with van der Waals surface area (Å²) in [5.41, 5.74) is 2.20. The molecule has 5 heteroatoms. The second kappa shape index (κ2) is 6.76. The summed E-state index contributed by atoms with van der Waals surface area (Å²) in [5.74, 6) is 1.13. The molecule has 0 radical (unpaired) electrons. The van der Waals surface area contributed by atoms with Crippen LogP contribution in [0.15, 0.2) is 53.4 Å². The van der Waals surface area contributed by atoms with Crippen molar-refractivity contribution in [3.63, 3.8) is 0 Å². The van der Waals surface area contributed by atoms with Crippen LogP contribution in [0.25, 0.3) is 6.08 Å². The number of thioether (sulfide) groups is 1. The molecule has 0 atom stereocenters. The molecule has 128 valence electrons. The van der Waals surface area contributed by atoms with Crippen molar-refractivity contribution in [3.8, 4) is 11.5 Å². The summed E-state index contributed by atoms with van der Waals surface area (Å²) in [7, 11) is 0. The predicted molar refractivity (Wildman–Crippen MR) is 101 cm³/mol. The molecular formula is C20H19NO3S. The van der Waals surface area contributed by atoms with E-state index in [4.69, 9.17) is 4.74 Å². The zero-order valence-electron chi connectivity index (χ0n) is 14.3. The van der Waals surface area contributed by atoms with Gasteiger partial charge in [-0.25, -0.2) is 0 Å². The third-order valence-corrected chi connectivity index (χ3v) is 4.59. The van der Waals surface area contributed by atoms with E-state index in [1.165, 1.54) is 5.56 Å². The minimum absolute atomic E-state index is 0.111. The van der Waals surface area contributed by atoms with Crippen molar-refractivity contribution in [2.75, 3.05) is 0 Å². The lowest BCUT2D eigenvalue weighted by Crippen LogP contribution is -2.17. The summed E-state index contributed by atoms with van der Waals surface area (Å²) < 4.78 is 5.85. The van der Waals surface area contributed by atoms with E-state index >= 15 is 0 Å². The van der Waals surface area contributed by atoms with Crippen LogP contribution < -0.4 is 10.1 Å². The summed E-state index contributed by atoms with van der Waals surface area (Å²) in [6.45, 7) is 6.52. The van der Waals surface area contributed by atoms with Gasteiger partial charge in [-0.1, -0.05) is 45.0 Å². The van der Waals surface area contributed by atoms with E-state index in [1.54, 1.807) is 6.08 Å². The summed E-state index contributed by atoms with van der Waals surface area (Å²) in [6.07, 6.45) is 1.69. The van der Waals surface area contributed by atoms with Crippen molar-refractivity contribution in [2.24, 2.45) is 0 Å². The Morgan fingerprint density at radius 2 is 1.48 bits per heavy atom. The number of benzene rings is 2. The molecule has 0 aliphatic carbocycles. The number of carbonyl (C=O) groups is 2. The highest BCUT2D eigenvalue weighted by molar-refractivity contribution is 8.18. The summed E-state index contributed by atoms with van der Waals surface area (Å²) in [6, 6.07) is 15.4. The van der Waals surface area contributed by atoms with Crippen molar-refractivity contribution >= 4 is 29.0 Å². The second-order valence-corrected chi connectivity index (χ2v) is 7.81. The van der Waals surface area contributed by atoms with E-state index in [0.29, 0.717) is 10.7 Å². The van der Waals surface area contributed by atoms with Crippen LogP contribution in [0.2, 0.25) is 0 Å². The number of carbonyl (C=O) groups excluding carboxylic acids is 2. The average molecular weight is 353 g/mol. The van der Waals surface area contributed by atoms with E-state index in [9.17, 15) is 9.59 Å². The highest BCUT2D eigenvalue weighted by Crippen LogP contribution is 2.28. The van der Waals surface area contributed by atoms with Crippen LogP contribution in [0.1, 0.15) is 31.9 Å². The van der Waals surface area contributed by atoms with E-state index in [2.05, 4.69) is 38.2 Å². The Hall–Kier alpha value is -2.53. The Labute approximate surface area is 151 Å². The maximum absolute atomic E-state index is 11.5. The summed E-state index contributed by atoms with van der Waals surface area (Å²) in [4.78, 5) is 23.1. The molecule has 1 fully saturated rings. The zero-order chi connectivity index (χ0) is 18.0. The molecule has 1 N–H and O–H groups in total. The van der Waals surface area contributed by atoms with Gasteiger partial charge >= 0.3 is 0 Å².